The van der Waals surface area contributed by atoms with Crippen LogP contribution in [0.25, 0.3) is 10.8 Å². The molecule has 0 aliphatic rings. The summed E-state index contributed by atoms with van der Waals surface area (Å²) in [6.45, 7) is 4.57. The Hall–Kier alpha value is -2.31. The lowest BCUT2D eigenvalue weighted by Crippen LogP contribution is -2.18. The lowest BCUT2D eigenvalue weighted by Gasteiger charge is -2.16. The first-order valence-corrected chi connectivity index (χ1v) is 12.4. The largest absolute Gasteiger partial charge is 0.491 e. The average molecular weight is 461 g/mol. The second-order valence-electron chi connectivity index (χ2n) is 8.76. The Bertz CT molecular complexity index is 850. The van der Waals surface area contributed by atoms with Crippen LogP contribution in [0.15, 0.2) is 30.3 Å². The van der Waals surface area contributed by atoms with Crippen LogP contribution in [0.2, 0.25) is 0 Å². The molecule has 184 valence electrons. The monoisotopic (exact) mass is 460 g/mol. The van der Waals surface area contributed by atoms with Crippen molar-refractivity contribution in [3.8, 4) is 11.5 Å². The molecule has 0 spiro atoms. The van der Waals surface area contributed by atoms with Crippen LogP contribution >= 0.6 is 0 Å². The first-order valence-electron chi connectivity index (χ1n) is 12.4. The van der Waals surface area contributed by atoms with Gasteiger partial charge in [0.1, 0.15) is 30.3 Å². The maximum absolute atomic E-state index is 12.0. The zero-order valence-corrected chi connectivity index (χ0v) is 20.1. The highest BCUT2D eigenvalue weighted by Gasteiger charge is 2.18. The van der Waals surface area contributed by atoms with Gasteiger partial charge in [-0.1, -0.05) is 71.3 Å². The molecule has 3 N–H and O–H groups in total. The Balaban J connectivity index is 2.00. The topological polar surface area (TPSA) is 96.2 Å². The van der Waals surface area contributed by atoms with E-state index in [1.54, 1.807) is 30.3 Å². The number of carbonyl (C=O) groups is 1. The molecule has 0 bridgehead atoms. The van der Waals surface area contributed by atoms with Gasteiger partial charge in [-0.3, -0.25) is 0 Å². The number of aliphatic hydroxyl groups excluding tert-OH is 2. The Morgan fingerprint density at radius 3 is 2.00 bits per heavy atom. The van der Waals surface area contributed by atoms with Crippen molar-refractivity contribution in [2.24, 2.45) is 0 Å². The van der Waals surface area contributed by atoms with Crippen molar-refractivity contribution < 1.29 is 29.6 Å². The van der Waals surface area contributed by atoms with Gasteiger partial charge in [-0.15, -0.1) is 0 Å². The Morgan fingerprint density at radius 2 is 1.42 bits per heavy atom. The molecule has 2 rings (SSSR count). The first-order chi connectivity index (χ1) is 16.0. The number of unbranched alkanes of at least 4 members (excludes halogenated alkanes) is 6. The molecule has 0 aliphatic carbocycles. The van der Waals surface area contributed by atoms with Crippen LogP contribution in [-0.4, -0.2) is 46.7 Å². The molecule has 2 unspecified atom stereocenters. The molecule has 0 aromatic heterocycles. The quantitative estimate of drug-likeness (QED) is 0.252. The molecule has 6 nitrogen and oxygen atoms in total. The van der Waals surface area contributed by atoms with Crippen LogP contribution < -0.4 is 9.47 Å². The summed E-state index contributed by atoms with van der Waals surface area (Å²) < 4.78 is 11.4. The van der Waals surface area contributed by atoms with E-state index in [9.17, 15) is 20.1 Å². The van der Waals surface area contributed by atoms with Gasteiger partial charge in [0.05, 0.1) is 12.2 Å². The van der Waals surface area contributed by atoms with Gasteiger partial charge in [-0.2, -0.15) is 0 Å². The maximum Gasteiger partial charge on any atom is 0.340 e. The van der Waals surface area contributed by atoms with Gasteiger partial charge in [-0.05, 0) is 42.5 Å². The molecule has 0 heterocycles. The number of aliphatic hydroxyl groups is 2. The molecule has 2 aromatic carbocycles. The van der Waals surface area contributed by atoms with E-state index in [0.717, 1.165) is 50.3 Å². The van der Waals surface area contributed by atoms with Crippen LogP contribution in [0.1, 0.15) is 88.4 Å². The number of fused-ring (bicyclic) bond motifs is 1. The number of rotatable bonds is 17. The maximum atomic E-state index is 12.0. The summed E-state index contributed by atoms with van der Waals surface area (Å²) in [5.74, 6) is -0.245. The highest BCUT2D eigenvalue weighted by Crippen LogP contribution is 2.31. The van der Waals surface area contributed by atoms with E-state index in [0.29, 0.717) is 24.0 Å². The first kappa shape index (κ1) is 26.9. The minimum absolute atomic E-state index is 0.0647. The molecule has 0 fully saturated rings. The SMILES string of the molecule is CCCCCCC(O)COc1ccc2c(C(=O)O)c(OCC(O)CCCCCC)ccc2c1. The van der Waals surface area contributed by atoms with E-state index in [1.807, 2.05) is 0 Å². The summed E-state index contributed by atoms with van der Waals surface area (Å²) >= 11 is 0. The second-order valence-corrected chi connectivity index (χ2v) is 8.76. The van der Waals surface area contributed by atoms with Gasteiger partial charge in [0.15, 0.2) is 0 Å². The van der Waals surface area contributed by atoms with Gasteiger partial charge in [0.25, 0.3) is 0 Å². The number of aromatic carboxylic acids is 1. The molecular formula is C27H40O6. The predicted molar refractivity (Wildman–Crippen MR) is 131 cm³/mol. The van der Waals surface area contributed by atoms with Crippen molar-refractivity contribution in [2.75, 3.05) is 13.2 Å². The van der Waals surface area contributed by atoms with E-state index < -0.39 is 18.2 Å². The molecule has 33 heavy (non-hydrogen) atoms. The molecule has 2 aromatic rings. The Kier molecular flexibility index (Phi) is 12.0. The Labute approximate surface area is 197 Å². The van der Waals surface area contributed by atoms with E-state index in [4.69, 9.17) is 9.47 Å². The van der Waals surface area contributed by atoms with Gasteiger partial charge in [-0.25, -0.2) is 4.79 Å². The van der Waals surface area contributed by atoms with Crippen molar-refractivity contribution in [2.45, 2.75) is 90.3 Å². The van der Waals surface area contributed by atoms with E-state index >= 15 is 0 Å². The molecule has 2 atom stereocenters. The minimum Gasteiger partial charge on any atom is -0.491 e. The van der Waals surface area contributed by atoms with Crippen LogP contribution in [0.5, 0.6) is 11.5 Å². The lowest BCUT2D eigenvalue weighted by atomic mass is 10.0. The van der Waals surface area contributed by atoms with Crippen molar-refractivity contribution >= 4 is 16.7 Å². The highest BCUT2D eigenvalue weighted by atomic mass is 16.5. The van der Waals surface area contributed by atoms with Crippen molar-refractivity contribution in [3.63, 3.8) is 0 Å². The third kappa shape index (κ3) is 9.22. The number of benzene rings is 2. The van der Waals surface area contributed by atoms with Crippen LogP contribution in [-0.2, 0) is 0 Å². The summed E-state index contributed by atoms with van der Waals surface area (Å²) in [6, 6.07) is 8.61. The third-order valence-electron chi connectivity index (χ3n) is 5.82. The summed E-state index contributed by atoms with van der Waals surface area (Å²) in [6.07, 6.45) is 8.92. The molecule has 0 amide bonds. The summed E-state index contributed by atoms with van der Waals surface area (Å²) in [5, 5.41) is 31.3. The molecule has 0 saturated carbocycles. The Morgan fingerprint density at radius 1 is 0.818 bits per heavy atom. The van der Waals surface area contributed by atoms with Crippen LogP contribution in [0, 0.1) is 0 Å². The van der Waals surface area contributed by atoms with Gasteiger partial charge in [0, 0.05) is 5.39 Å². The van der Waals surface area contributed by atoms with Crippen LogP contribution in [0.3, 0.4) is 0 Å². The number of carboxylic acid groups (broad SMARTS) is 1. The molecular weight excluding hydrogens is 420 g/mol. The minimum atomic E-state index is -1.08. The zero-order valence-electron chi connectivity index (χ0n) is 20.1. The number of ether oxygens (including phenoxy) is 2. The van der Waals surface area contributed by atoms with E-state index in [-0.39, 0.29) is 24.5 Å². The van der Waals surface area contributed by atoms with E-state index in [1.165, 1.54) is 6.42 Å². The van der Waals surface area contributed by atoms with Crippen LogP contribution in [0.4, 0.5) is 0 Å². The fourth-order valence-corrected chi connectivity index (χ4v) is 3.88. The van der Waals surface area contributed by atoms with Crippen molar-refractivity contribution in [3.05, 3.63) is 35.9 Å². The third-order valence-corrected chi connectivity index (χ3v) is 5.82. The summed E-state index contributed by atoms with van der Waals surface area (Å²) in [7, 11) is 0. The normalized spacial score (nSPS) is 13.1. The smallest absolute Gasteiger partial charge is 0.340 e. The standard InChI is InChI=1S/C27H40O6/c1-3-5-7-9-11-21(28)18-32-23-14-15-24-20(17-23)13-16-25(26(24)27(30)31)33-19-22(29)12-10-8-6-4-2/h13-17,21-22,28-29H,3-12,18-19H2,1-2H3,(H,30,31). The van der Waals surface area contributed by atoms with Gasteiger partial charge in [0.2, 0.25) is 0 Å². The zero-order chi connectivity index (χ0) is 24.1. The molecule has 6 heteroatoms. The number of hydrogen-bond donors (Lipinski definition) is 3. The summed E-state index contributed by atoms with van der Waals surface area (Å²) in [5.41, 5.74) is 0.0770. The second kappa shape index (κ2) is 14.8. The molecule has 0 radical (unpaired) electrons. The summed E-state index contributed by atoms with van der Waals surface area (Å²) in [4.78, 5) is 12.0. The fourth-order valence-electron chi connectivity index (χ4n) is 3.88. The molecule has 0 saturated heterocycles. The number of carboxylic acids is 1. The lowest BCUT2D eigenvalue weighted by molar-refractivity contribution is 0.0682. The fraction of sp³-hybridized carbons (Fsp3) is 0.593. The average Bonchev–Trinajstić information content (AvgIpc) is 2.81. The highest BCUT2D eigenvalue weighted by molar-refractivity contribution is 6.06. The van der Waals surface area contributed by atoms with E-state index in [2.05, 4.69) is 13.8 Å². The molecule has 0 aliphatic heterocycles. The predicted octanol–water partition coefficient (Wildman–Crippen LogP) is 5.96. The van der Waals surface area contributed by atoms with Crippen molar-refractivity contribution in [1.82, 2.24) is 0 Å². The van der Waals surface area contributed by atoms with Gasteiger partial charge >= 0.3 is 5.97 Å². The van der Waals surface area contributed by atoms with Gasteiger partial charge < -0.3 is 24.8 Å². The van der Waals surface area contributed by atoms with Crippen molar-refractivity contribution in [1.29, 1.82) is 0 Å². The number of hydrogen-bond acceptors (Lipinski definition) is 5.